The normalized spacial score (nSPS) is 10.7. The van der Waals surface area contributed by atoms with Crippen molar-refractivity contribution in [2.24, 2.45) is 0 Å². The van der Waals surface area contributed by atoms with Crippen LogP contribution in [0.2, 0.25) is 0 Å². The lowest BCUT2D eigenvalue weighted by molar-refractivity contribution is 0.564. The zero-order valence-electron chi connectivity index (χ0n) is 9.59. The van der Waals surface area contributed by atoms with Gasteiger partial charge < -0.3 is 10.2 Å². The molecule has 88 valence electrons. The van der Waals surface area contributed by atoms with E-state index in [2.05, 4.69) is 0 Å². The van der Waals surface area contributed by atoms with Gasteiger partial charge in [-0.05, 0) is 29.3 Å². The molecule has 2 aromatic carbocycles. The van der Waals surface area contributed by atoms with Crippen molar-refractivity contribution in [3.63, 3.8) is 0 Å². The Hall–Kier alpha value is -2.55. The van der Waals surface area contributed by atoms with Crippen molar-refractivity contribution in [1.29, 1.82) is 0 Å². The number of hydrogen-bond donors (Lipinski definition) is 1. The van der Waals surface area contributed by atoms with E-state index >= 15 is 0 Å². The highest BCUT2D eigenvalue weighted by Gasteiger charge is 2.04. The quantitative estimate of drug-likeness (QED) is 0.662. The summed E-state index contributed by atoms with van der Waals surface area (Å²) in [6.45, 7) is 0. The van der Waals surface area contributed by atoms with Crippen LogP contribution in [0.3, 0.4) is 0 Å². The third kappa shape index (κ3) is 1.76. The van der Waals surface area contributed by atoms with Crippen LogP contribution in [-0.2, 0) is 0 Å². The second-order valence-electron chi connectivity index (χ2n) is 4.11. The Morgan fingerprint density at radius 2 is 1.67 bits per heavy atom. The van der Waals surface area contributed by atoms with Crippen molar-refractivity contribution in [2.75, 3.05) is 5.73 Å². The first-order valence-corrected chi connectivity index (χ1v) is 5.63. The lowest BCUT2D eigenvalue weighted by Crippen LogP contribution is -2.05. The van der Waals surface area contributed by atoms with Crippen LogP contribution in [0.15, 0.2) is 63.8 Å². The summed E-state index contributed by atoms with van der Waals surface area (Å²) in [5.74, 6) is 0. The molecule has 0 bridgehead atoms. The van der Waals surface area contributed by atoms with E-state index in [9.17, 15) is 4.79 Å². The lowest BCUT2D eigenvalue weighted by atomic mass is 10.0. The summed E-state index contributed by atoms with van der Waals surface area (Å²) in [5.41, 5.74) is 7.94. The predicted octanol–water partition coefficient (Wildman–Crippen LogP) is 3.04. The van der Waals surface area contributed by atoms with Gasteiger partial charge in [-0.3, -0.25) is 0 Å². The first-order chi connectivity index (χ1) is 8.74. The predicted molar refractivity (Wildman–Crippen MR) is 72.3 cm³/mol. The number of nitrogen functional groups attached to an aromatic ring is 1. The molecule has 0 aliphatic heterocycles. The standard InChI is InChI=1S/C15H11NO2/c16-13-9-12-8-11(10-4-2-1-3-5-10)6-7-14(12)18-15(13)17/h1-9H,16H2. The Morgan fingerprint density at radius 1 is 0.889 bits per heavy atom. The fraction of sp³-hybridized carbons (Fsp3) is 0. The Labute approximate surface area is 103 Å². The molecule has 0 spiro atoms. The minimum atomic E-state index is -0.491. The minimum Gasteiger partial charge on any atom is -0.421 e. The topological polar surface area (TPSA) is 56.2 Å². The van der Waals surface area contributed by atoms with Crippen LogP contribution >= 0.6 is 0 Å². The van der Waals surface area contributed by atoms with Gasteiger partial charge in [-0.2, -0.15) is 0 Å². The Bertz CT molecular complexity index is 760. The summed E-state index contributed by atoms with van der Waals surface area (Å²) in [6.07, 6.45) is 0. The highest BCUT2D eigenvalue weighted by molar-refractivity contribution is 5.84. The maximum Gasteiger partial charge on any atom is 0.359 e. The number of nitrogens with two attached hydrogens (primary N) is 1. The van der Waals surface area contributed by atoms with Crippen molar-refractivity contribution >= 4 is 16.7 Å². The van der Waals surface area contributed by atoms with Crippen LogP contribution in [0, 0.1) is 0 Å². The number of rotatable bonds is 1. The lowest BCUT2D eigenvalue weighted by Gasteiger charge is -2.03. The van der Waals surface area contributed by atoms with Gasteiger partial charge in [-0.1, -0.05) is 36.4 Å². The summed E-state index contributed by atoms with van der Waals surface area (Å²) in [5, 5.41) is 0.827. The van der Waals surface area contributed by atoms with E-state index in [1.54, 1.807) is 12.1 Å². The van der Waals surface area contributed by atoms with Crippen LogP contribution in [-0.4, -0.2) is 0 Å². The molecule has 3 heteroatoms. The van der Waals surface area contributed by atoms with Gasteiger partial charge >= 0.3 is 5.63 Å². The van der Waals surface area contributed by atoms with Crippen LogP contribution < -0.4 is 11.4 Å². The van der Waals surface area contributed by atoms with Crippen molar-refractivity contribution in [2.45, 2.75) is 0 Å². The number of benzene rings is 2. The number of fused-ring (bicyclic) bond motifs is 1. The first kappa shape index (κ1) is 10.6. The Morgan fingerprint density at radius 3 is 2.44 bits per heavy atom. The summed E-state index contributed by atoms with van der Waals surface area (Å²) in [7, 11) is 0. The third-order valence-electron chi connectivity index (χ3n) is 2.87. The van der Waals surface area contributed by atoms with Gasteiger partial charge in [0.15, 0.2) is 0 Å². The fourth-order valence-electron chi connectivity index (χ4n) is 1.95. The SMILES string of the molecule is Nc1cc2cc(-c3ccccc3)ccc2oc1=O. The van der Waals surface area contributed by atoms with Crippen LogP contribution in [0.5, 0.6) is 0 Å². The second kappa shape index (κ2) is 4.04. The van der Waals surface area contributed by atoms with E-state index in [-0.39, 0.29) is 5.69 Å². The molecule has 0 aliphatic rings. The van der Waals surface area contributed by atoms with Crippen molar-refractivity contribution in [1.82, 2.24) is 0 Å². The smallest absolute Gasteiger partial charge is 0.359 e. The van der Waals surface area contributed by atoms with E-state index in [1.807, 2.05) is 42.5 Å². The average molecular weight is 237 g/mol. The van der Waals surface area contributed by atoms with E-state index in [0.29, 0.717) is 5.58 Å². The van der Waals surface area contributed by atoms with Gasteiger partial charge in [0.05, 0.1) is 0 Å². The molecule has 1 heterocycles. The third-order valence-corrected chi connectivity index (χ3v) is 2.87. The molecule has 0 unspecified atom stereocenters. The summed E-state index contributed by atoms with van der Waals surface area (Å²) >= 11 is 0. The van der Waals surface area contributed by atoms with Gasteiger partial charge in [0.25, 0.3) is 0 Å². The molecule has 0 saturated heterocycles. The van der Waals surface area contributed by atoms with Gasteiger partial charge in [0, 0.05) is 5.39 Å². The van der Waals surface area contributed by atoms with Gasteiger partial charge in [0.2, 0.25) is 0 Å². The molecule has 3 nitrogen and oxygen atoms in total. The van der Waals surface area contributed by atoms with Crippen LogP contribution in [0.4, 0.5) is 5.69 Å². The molecule has 3 aromatic rings. The van der Waals surface area contributed by atoms with Crippen molar-refractivity contribution in [3.8, 4) is 11.1 Å². The van der Waals surface area contributed by atoms with Crippen molar-refractivity contribution in [3.05, 3.63) is 65.0 Å². The highest BCUT2D eigenvalue weighted by atomic mass is 16.4. The number of anilines is 1. The monoisotopic (exact) mass is 237 g/mol. The average Bonchev–Trinajstić information content (AvgIpc) is 2.41. The summed E-state index contributed by atoms with van der Waals surface area (Å²) < 4.78 is 5.10. The molecule has 1 aromatic heterocycles. The number of hydrogen-bond acceptors (Lipinski definition) is 3. The highest BCUT2D eigenvalue weighted by Crippen LogP contribution is 2.24. The van der Waals surface area contributed by atoms with E-state index < -0.39 is 5.63 Å². The van der Waals surface area contributed by atoms with Gasteiger partial charge in [-0.25, -0.2) is 4.79 Å². The molecular formula is C15H11NO2. The fourth-order valence-corrected chi connectivity index (χ4v) is 1.95. The largest absolute Gasteiger partial charge is 0.421 e. The minimum absolute atomic E-state index is 0.132. The molecule has 0 fully saturated rings. The Balaban J connectivity index is 2.23. The van der Waals surface area contributed by atoms with Crippen LogP contribution in [0.25, 0.3) is 22.1 Å². The molecule has 0 radical (unpaired) electrons. The van der Waals surface area contributed by atoms with E-state index in [0.717, 1.165) is 16.5 Å². The summed E-state index contributed by atoms with van der Waals surface area (Å²) in [6, 6.07) is 17.3. The molecule has 0 saturated carbocycles. The van der Waals surface area contributed by atoms with E-state index in [1.165, 1.54) is 0 Å². The first-order valence-electron chi connectivity index (χ1n) is 5.63. The van der Waals surface area contributed by atoms with Crippen molar-refractivity contribution < 1.29 is 4.42 Å². The van der Waals surface area contributed by atoms with E-state index in [4.69, 9.17) is 10.2 Å². The summed E-state index contributed by atoms with van der Waals surface area (Å²) in [4.78, 5) is 11.3. The maximum atomic E-state index is 11.3. The zero-order valence-corrected chi connectivity index (χ0v) is 9.59. The van der Waals surface area contributed by atoms with Gasteiger partial charge in [0.1, 0.15) is 11.3 Å². The molecule has 3 rings (SSSR count). The maximum absolute atomic E-state index is 11.3. The zero-order chi connectivity index (χ0) is 12.5. The molecule has 0 amide bonds. The molecule has 0 atom stereocenters. The molecule has 2 N–H and O–H groups in total. The Kier molecular flexibility index (Phi) is 2.38. The molecule has 18 heavy (non-hydrogen) atoms. The van der Waals surface area contributed by atoms with Gasteiger partial charge in [-0.15, -0.1) is 0 Å². The second-order valence-corrected chi connectivity index (χ2v) is 4.11. The van der Waals surface area contributed by atoms with Crippen LogP contribution in [0.1, 0.15) is 0 Å². The molecule has 0 aliphatic carbocycles. The molecular weight excluding hydrogens is 226 g/mol.